The molecule has 5 heteroatoms. The van der Waals surface area contributed by atoms with Gasteiger partial charge in [0.2, 0.25) is 5.91 Å². The highest BCUT2D eigenvalue weighted by Gasteiger charge is 2.46. The van der Waals surface area contributed by atoms with Gasteiger partial charge in [-0.3, -0.25) is 4.79 Å². The number of aliphatic hydroxyl groups excluding tert-OH is 1. The van der Waals surface area contributed by atoms with Gasteiger partial charge in [-0.2, -0.15) is 0 Å². The van der Waals surface area contributed by atoms with Crippen LogP contribution < -0.4 is 0 Å². The van der Waals surface area contributed by atoms with Crippen LogP contribution in [-0.4, -0.2) is 49.3 Å². The van der Waals surface area contributed by atoms with E-state index >= 15 is 0 Å². The summed E-state index contributed by atoms with van der Waals surface area (Å²) in [7, 11) is 1.79. The van der Waals surface area contributed by atoms with E-state index in [0.717, 1.165) is 6.42 Å². The molecule has 1 aliphatic rings. The van der Waals surface area contributed by atoms with E-state index in [4.69, 9.17) is 4.74 Å². The molecule has 2 rings (SSSR count). The molecule has 1 fully saturated rings. The van der Waals surface area contributed by atoms with Gasteiger partial charge in [0.1, 0.15) is 5.41 Å². The van der Waals surface area contributed by atoms with Crippen LogP contribution in [0.25, 0.3) is 0 Å². The van der Waals surface area contributed by atoms with Crippen molar-refractivity contribution in [1.82, 2.24) is 4.90 Å². The molecule has 18 heavy (non-hydrogen) atoms. The highest BCUT2D eigenvalue weighted by Crippen LogP contribution is 2.29. The number of rotatable bonds is 5. The number of aryl methyl sites for hydroxylation is 1. The molecular formula is C13H19NO3S. The Hall–Kier alpha value is -0.910. The van der Waals surface area contributed by atoms with Crippen LogP contribution in [0, 0.1) is 12.3 Å². The third kappa shape index (κ3) is 2.43. The molecule has 0 bridgehead atoms. The number of amides is 1. The Labute approximate surface area is 111 Å². The first-order chi connectivity index (χ1) is 8.59. The molecule has 1 aliphatic heterocycles. The Bertz CT molecular complexity index is 420. The fourth-order valence-electron chi connectivity index (χ4n) is 2.07. The zero-order valence-electron chi connectivity index (χ0n) is 10.8. The molecule has 0 aliphatic carbocycles. The summed E-state index contributed by atoms with van der Waals surface area (Å²) in [6.07, 6.45) is 0.869. The van der Waals surface area contributed by atoms with Gasteiger partial charge in [-0.15, -0.1) is 11.3 Å². The van der Waals surface area contributed by atoms with Crippen LogP contribution in [-0.2, 0) is 16.0 Å². The predicted molar refractivity (Wildman–Crippen MR) is 70.7 cm³/mol. The second-order valence-corrected chi connectivity index (χ2v) is 5.94. The summed E-state index contributed by atoms with van der Waals surface area (Å²) in [4.78, 5) is 15.2. The lowest BCUT2D eigenvalue weighted by atomic mass is 9.85. The van der Waals surface area contributed by atoms with E-state index in [1.54, 1.807) is 23.3 Å². The standard InChI is InChI=1S/C13H19NO3S/c1-10-4-6-18-11(10)3-5-14(2)12(16)13(7-15)8-17-9-13/h4,6,15H,3,5,7-9H2,1-2H3. The molecule has 0 saturated carbocycles. The monoisotopic (exact) mass is 269 g/mol. The number of likely N-dealkylation sites (N-methyl/N-ethyl adjacent to an activating group) is 1. The fourth-order valence-corrected chi connectivity index (χ4v) is 2.97. The van der Waals surface area contributed by atoms with Crippen molar-refractivity contribution >= 4 is 17.2 Å². The predicted octanol–water partition coefficient (Wildman–Crippen LogP) is 1.07. The lowest BCUT2D eigenvalue weighted by molar-refractivity contribution is -0.179. The highest BCUT2D eigenvalue weighted by molar-refractivity contribution is 7.10. The third-order valence-corrected chi connectivity index (χ3v) is 4.58. The van der Waals surface area contributed by atoms with E-state index in [0.29, 0.717) is 19.8 Å². The van der Waals surface area contributed by atoms with Gasteiger partial charge in [-0.25, -0.2) is 0 Å². The van der Waals surface area contributed by atoms with E-state index < -0.39 is 5.41 Å². The molecule has 1 N–H and O–H groups in total. The van der Waals surface area contributed by atoms with E-state index in [1.807, 2.05) is 0 Å². The summed E-state index contributed by atoms with van der Waals surface area (Å²) in [6.45, 7) is 3.31. The molecule has 2 heterocycles. The first kappa shape index (κ1) is 13.5. The van der Waals surface area contributed by atoms with Crippen molar-refractivity contribution < 1.29 is 14.6 Å². The summed E-state index contributed by atoms with van der Waals surface area (Å²) < 4.78 is 5.06. The first-order valence-corrected chi connectivity index (χ1v) is 6.94. The van der Waals surface area contributed by atoms with Crippen LogP contribution in [0.3, 0.4) is 0 Å². The van der Waals surface area contributed by atoms with Crippen LogP contribution in [0.2, 0.25) is 0 Å². The van der Waals surface area contributed by atoms with E-state index in [9.17, 15) is 9.90 Å². The molecule has 1 amide bonds. The van der Waals surface area contributed by atoms with Gasteiger partial charge in [-0.1, -0.05) is 0 Å². The van der Waals surface area contributed by atoms with Gasteiger partial charge in [-0.05, 0) is 30.4 Å². The quantitative estimate of drug-likeness (QED) is 0.870. The molecule has 0 aromatic carbocycles. The number of ether oxygens (including phenoxy) is 1. The van der Waals surface area contributed by atoms with Gasteiger partial charge in [0, 0.05) is 18.5 Å². The lowest BCUT2D eigenvalue weighted by Crippen LogP contribution is -2.56. The summed E-state index contributed by atoms with van der Waals surface area (Å²) in [5.41, 5.74) is 0.601. The minimum atomic E-state index is -0.681. The van der Waals surface area contributed by atoms with Crippen molar-refractivity contribution in [2.45, 2.75) is 13.3 Å². The van der Waals surface area contributed by atoms with Crippen molar-refractivity contribution in [2.75, 3.05) is 33.4 Å². The topological polar surface area (TPSA) is 49.8 Å². The summed E-state index contributed by atoms with van der Waals surface area (Å²) in [5.74, 6) is -0.00883. The number of thiophene rings is 1. The maximum absolute atomic E-state index is 12.2. The van der Waals surface area contributed by atoms with Crippen LogP contribution in [0.1, 0.15) is 10.4 Å². The Balaban J connectivity index is 1.90. The number of aliphatic hydroxyl groups is 1. The highest BCUT2D eigenvalue weighted by atomic mass is 32.1. The molecule has 4 nitrogen and oxygen atoms in total. The number of nitrogens with zero attached hydrogens (tertiary/aromatic N) is 1. The Morgan fingerprint density at radius 1 is 1.61 bits per heavy atom. The number of hydrogen-bond donors (Lipinski definition) is 1. The normalized spacial score (nSPS) is 17.3. The molecule has 0 radical (unpaired) electrons. The van der Waals surface area contributed by atoms with E-state index in [1.165, 1.54) is 10.4 Å². The maximum Gasteiger partial charge on any atom is 0.235 e. The Kier molecular flexibility index (Phi) is 4.04. The van der Waals surface area contributed by atoms with Gasteiger partial charge < -0.3 is 14.7 Å². The van der Waals surface area contributed by atoms with Crippen LogP contribution in [0.5, 0.6) is 0 Å². The second-order valence-electron chi connectivity index (χ2n) is 4.93. The molecule has 100 valence electrons. The largest absolute Gasteiger partial charge is 0.395 e. The lowest BCUT2D eigenvalue weighted by Gasteiger charge is -2.40. The SMILES string of the molecule is Cc1ccsc1CCN(C)C(=O)C1(CO)COC1. The zero-order valence-corrected chi connectivity index (χ0v) is 11.6. The first-order valence-electron chi connectivity index (χ1n) is 6.06. The molecular weight excluding hydrogens is 250 g/mol. The number of carbonyl (C=O) groups is 1. The average molecular weight is 269 g/mol. The molecule has 0 spiro atoms. The minimum Gasteiger partial charge on any atom is -0.395 e. The Morgan fingerprint density at radius 3 is 2.78 bits per heavy atom. The third-order valence-electron chi connectivity index (χ3n) is 3.50. The van der Waals surface area contributed by atoms with Gasteiger partial charge in [0.15, 0.2) is 0 Å². The number of hydrogen-bond acceptors (Lipinski definition) is 4. The molecule has 1 saturated heterocycles. The molecule has 1 aromatic heterocycles. The molecule has 0 unspecified atom stereocenters. The maximum atomic E-state index is 12.2. The Morgan fingerprint density at radius 2 is 2.33 bits per heavy atom. The summed E-state index contributed by atoms with van der Waals surface area (Å²) in [5, 5.41) is 11.4. The molecule has 1 aromatic rings. The number of carbonyl (C=O) groups excluding carboxylic acids is 1. The summed E-state index contributed by atoms with van der Waals surface area (Å²) in [6, 6.07) is 2.09. The van der Waals surface area contributed by atoms with Crippen LogP contribution in [0.15, 0.2) is 11.4 Å². The van der Waals surface area contributed by atoms with Gasteiger partial charge in [0.05, 0.1) is 19.8 Å². The van der Waals surface area contributed by atoms with Crippen molar-refractivity contribution in [3.05, 3.63) is 21.9 Å². The van der Waals surface area contributed by atoms with E-state index in [2.05, 4.69) is 18.4 Å². The van der Waals surface area contributed by atoms with Gasteiger partial charge >= 0.3 is 0 Å². The van der Waals surface area contributed by atoms with Gasteiger partial charge in [0.25, 0.3) is 0 Å². The summed E-state index contributed by atoms with van der Waals surface area (Å²) >= 11 is 1.72. The average Bonchev–Trinajstić information content (AvgIpc) is 2.71. The molecule has 0 atom stereocenters. The zero-order chi connectivity index (χ0) is 13.2. The minimum absolute atomic E-state index is 0.00883. The van der Waals surface area contributed by atoms with Crippen LogP contribution in [0.4, 0.5) is 0 Å². The van der Waals surface area contributed by atoms with Crippen molar-refractivity contribution in [3.8, 4) is 0 Å². The fraction of sp³-hybridized carbons (Fsp3) is 0.615. The van der Waals surface area contributed by atoms with Crippen molar-refractivity contribution in [1.29, 1.82) is 0 Å². The van der Waals surface area contributed by atoms with Crippen LogP contribution >= 0.6 is 11.3 Å². The smallest absolute Gasteiger partial charge is 0.235 e. The van der Waals surface area contributed by atoms with Crippen molar-refractivity contribution in [2.24, 2.45) is 5.41 Å². The van der Waals surface area contributed by atoms with E-state index in [-0.39, 0.29) is 12.5 Å². The van der Waals surface area contributed by atoms with Crippen molar-refractivity contribution in [3.63, 3.8) is 0 Å². The second kappa shape index (κ2) is 5.38.